The third-order valence-electron chi connectivity index (χ3n) is 4.00. The zero-order chi connectivity index (χ0) is 15.0. The normalized spacial score (nSPS) is 23.1. The molecule has 0 saturated heterocycles. The first kappa shape index (κ1) is 14.9. The maximum atomic E-state index is 6.12. The van der Waals surface area contributed by atoms with Crippen LogP contribution in [0, 0.1) is 6.92 Å². The highest BCUT2D eigenvalue weighted by molar-refractivity contribution is 5.98. The number of benzene rings is 1. The summed E-state index contributed by atoms with van der Waals surface area (Å²) < 4.78 is 5.58. The number of hydrogen-bond acceptors (Lipinski definition) is 4. The second-order valence-electron chi connectivity index (χ2n) is 6.48. The summed E-state index contributed by atoms with van der Waals surface area (Å²) in [5.74, 6) is 0.586. The second kappa shape index (κ2) is 5.09. The standard InChI is InChI=1S/C16H25N3O/c1-12-6-8-13(9-7-12)19-14(17)18-11-16(19,4)10-15(2,3)20-5/h6-9H,10-11H2,1-5H3,(H2,17,18). The Kier molecular flexibility index (Phi) is 3.78. The summed E-state index contributed by atoms with van der Waals surface area (Å²) in [5, 5.41) is 0. The van der Waals surface area contributed by atoms with Crippen molar-refractivity contribution in [2.24, 2.45) is 10.7 Å². The molecule has 0 bridgehead atoms. The fourth-order valence-electron chi connectivity index (χ4n) is 2.93. The molecule has 0 fully saturated rings. The van der Waals surface area contributed by atoms with Crippen LogP contribution in [0.25, 0.3) is 0 Å². The van der Waals surface area contributed by atoms with Crippen molar-refractivity contribution in [1.82, 2.24) is 0 Å². The van der Waals surface area contributed by atoms with Gasteiger partial charge in [-0.1, -0.05) is 17.7 Å². The number of aliphatic imine (C=N–C) groups is 1. The summed E-state index contributed by atoms with van der Waals surface area (Å²) >= 11 is 0. The largest absolute Gasteiger partial charge is 0.379 e. The van der Waals surface area contributed by atoms with Crippen LogP contribution in [0.15, 0.2) is 29.3 Å². The highest BCUT2D eigenvalue weighted by atomic mass is 16.5. The topological polar surface area (TPSA) is 50.9 Å². The molecule has 0 aromatic heterocycles. The third-order valence-corrected chi connectivity index (χ3v) is 4.00. The van der Waals surface area contributed by atoms with E-state index in [9.17, 15) is 0 Å². The molecule has 0 amide bonds. The van der Waals surface area contributed by atoms with Crippen LogP contribution in [-0.4, -0.2) is 30.8 Å². The molecule has 4 nitrogen and oxygen atoms in total. The first-order chi connectivity index (χ1) is 9.27. The van der Waals surface area contributed by atoms with E-state index in [4.69, 9.17) is 10.5 Å². The molecule has 110 valence electrons. The van der Waals surface area contributed by atoms with Gasteiger partial charge in [0.1, 0.15) is 0 Å². The lowest BCUT2D eigenvalue weighted by atomic mass is 9.86. The first-order valence-corrected chi connectivity index (χ1v) is 6.99. The SMILES string of the molecule is COC(C)(C)CC1(C)CN=C(N)N1c1ccc(C)cc1. The molecule has 0 spiro atoms. The molecule has 0 radical (unpaired) electrons. The zero-order valence-corrected chi connectivity index (χ0v) is 13.1. The molecule has 0 aliphatic carbocycles. The molecule has 1 aliphatic rings. The maximum absolute atomic E-state index is 6.12. The van der Waals surface area contributed by atoms with Gasteiger partial charge in [-0.15, -0.1) is 0 Å². The highest BCUT2D eigenvalue weighted by Crippen LogP contribution is 2.35. The predicted octanol–water partition coefficient (Wildman–Crippen LogP) is 2.70. The van der Waals surface area contributed by atoms with E-state index in [1.165, 1.54) is 5.56 Å². The molecule has 1 atom stereocenters. The summed E-state index contributed by atoms with van der Waals surface area (Å²) in [6.07, 6.45) is 0.856. The van der Waals surface area contributed by atoms with E-state index in [2.05, 4.69) is 61.9 Å². The van der Waals surface area contributed by atoms with Crippen molar-refractivity contribution in [1.29, 1.82) is 0 Å². The van der Waals surface area contributed by atoms with Gasteiger partial charge in [0.05, 0.1) is 17.7 Å². The lowest BCUT2D eigenvalue weighted by molar-refractivity contribution is 0.00151. The fraction of sp³-hybridized carbons (Fsp3) is 0.562. The van der Waals surface area contributed by atoms with Gasteiger partial charge < -0.3 is 15.4 Å². The van der Waals surface area contributed by atoms with Gasteiger partial charge in [-0.05, 0) is 39.8 Å². The number of hydrogen-bond donors (Lipinski definition) is 1. The number of ether oxygens (including phenoxy) is 1. The van der Waals surface area contributed by atoms with Crippen molar-refractivity contribution in [3.63, 3.8) is 0 Å². The first-order valence-electron chi connectivity index (χ1n) is 6.99. The molecular formula is C16H25N3O. The van der Waals surface area contributed by atoms with Gasteiger partial charge in [0, 0.05) is 19.2 Å². The van der Waals surface area contributed by atoms with Gasteiger partial charge >= 0.3 is 0 Å². The molecule has 1 aliphatic heterocycles. The molecule has 1 aromatic carbocycles. The second-order valence-corrected chi connectivity index (χ2v) is 6.48. The molecule has 1 unspecified atom stereocenters. The number of nitrogens with zero attached hydrogens (tertiary/aromatic N) is 2. The Morgan fingerprint density at radius 3 is 2.50 bits per heavy atom. The molecular weight excluding hydrogens is 250 g/mol. The van der Waals surface area contributed by atoms with Crippen LogP contribution in [0.3, 0.4) is 0 Å². The molecule has 1 aromatic rings. The van der Waals surface area contributed by atoms with Crippen molar-refractivity contribution in [3.05, 3.63) is 29.8 Å². The van der Waals surface area contributed by atoms with E-state index in [0.29, 0.717) is 12.5 Å². The van der Waals surface area contributed by atoms with Crippen LogP contribution in [0.1, 0.15) is 32.8 Å². The number of rotatable bonds is 4. The fourth-order valence-corrected chi connectivity index (χ4v) is 2.93. The Bertz CT molecular complexity index is 507. The van der Waals surface area contributed by atoms with E-state index in [1.54, 1.807) is 7.11 Å². The van der Waals surface area contributed by atoms with Crippen LogP contribution < -0.4 is 10.6 Å². The van der Waals surface area contributed by atoms with Crippen molar-refractivity contribution < 1.29 is 4.74 Å². The number of aryl methyl sites for hydroxylation is 1. The van der Waals surface area contributed by atoms with Crippen molar-refractivity contribution in [3.8, 4) is 0 Å². The maximum Gasteiger partial charge on any atom is 0.196 e. The smallest absolute Gasteiger partial charge is 0.196 e. The quantitative estimate of drug-likeness (QED) is 0.919. The average molecular weight is 275 g/mol. The van der Waals surface area contributed by atoms with Crippen LogP contribution in [0.4, 0.5) is 5.69 Å². The Hall–Kier alpha value is -1.55. The number of nitrogens with two attached hydrogens (primary N) is 1. The van der Waals surface area contributed by atoms with Crippen LogP contribution in [-0.2, 0) is 4.74 Å². The third kappa shape index (κ3) is 2.80. The van der Waals surface area contributed by atoms with Crippen molar-refractivity contribution in [2.75, 3.05) is 18.6 Å². The summed E-state index contributed by atoms with van der Waals surface area (Å²) in [6.45, 7) is 9.16. The van der Waals surface area contributed by atoms with Gasteiger partial charge in [-0.3, -0.25) is 4.99 Å². The van der Waals surface area contributed by atoms with E-state index in [1.807, 2.05) is 0 Å². The molecule has 2 rings (SSSR count). The summed E-state index contributed by atoms with van der Waals surface area (Å²) in [5.41, 5.74) is 8.08. The Balaban J connectivity index is 2.32. The van der Waals surface area contributed by atoms with E-state index in [-0.39, 0.29) is 11.1 Å². The molecule has 0 saturated carbocycles. The number of methoxy groups -OCH3 is 1. The monoisotopic (exact) mass is 275 g/mol. The van der Waals surface area contributed by atoms with Crippen LogP contribution in [0.2, 0.25) is 0 Å². The van der Waals surface area contributed by atoms with Crippen molar-refractivity contribution in [2.45, 2.75) is 45.3 Å². The molecule has 4 heteroatoms. The Morgan fingerprint density at radius 1 is 1.35 bits per heavy atom. The minimum atomic E-state index is -0.210. The Morgan fingerprint density at radius 2 is 1.95 bits per heavy atom. The van der Waals surface area contributed by atoms with Gasteiger partial charge in [0.2, 0.25) is 0 Å². The van der Waals surface area contributed by atoms with E-state index < -0.39 is 0 Å². The van der Waals surface area contributed by atoms with Gasteiger partial charge in [0.15, 0.2) is 5.96 Å². The minimum Gasteiger partial charge on any atom is -0.379 e. The van der Waals surface area contributed by atoms with E-state index >= 15 is 0 Å². The summed E-state index contributed by atoms with van der Waals surface area (Å²) in [7, 11) is 1.75. The summed E-state index contributed by atoms with van der Waals surface area (Å²) in [6, 6.07) is 8.40. The van der Waals surface area contributed by atoms with E-state index in [0.717, 1.165) is 12.1 Å². The van der Waals surface area contributed by atoms with Gasteiger partial charge in [-0.25, -0.2) is 0 Å². The molecule has 1 heterocycles. The summed E-state index contributed by atoms with van der Waals surface area (Å²) in [4.78, 5) is 6.58. The van der Waals surface area contributed by atoms with Crippen molar-refractivity contribution >= 4 is 11.6 Å². The van der Waals surface area contributed by atoms with Crippen LogP contribution >= 0.6 is 0 Å². The lowest BCUT2D eigenvalue weighted by Crippen LogP contribution is -2.53. The Labute approximate surface area is 121 Å². The highest BCUT2D eigenvalue weighted by Gasteiger charge is 2.42. The zero-order valence-electron chi connectivity index (χ0n) is 13.1. The lowest BCUT2D eigenvalue weighted by Gasteiger charge is -2.41. The minimum absolute atomic E-state index is 0.154. The molecule has 2 N–H and O–H groups in total. The molecule has 20 heavy (non-hydrogen) atoms. The number of anilines is 1. The number of guanidine groups is 1. The van der Waals surface area contributed by atoms with Crippen LogP contribution in [0.5, 0.6) is 0 Å². The van der Waals surface area contributed by atoms with Gasteiger partial charge in [-0.2, -0.15) is 0 Å². The predicted molar refractivity (Wildman–Crippen MR) is 84.3 cm³/mol. The van der Waals surface area contributed by atoms with Gasteiger partial charge in [0.25, 0.3) is 0 Å². The average Bonchev–Trinajstić information content (AvgIpc) is 2.66.